The zero-order valence-corrected chi connectivity index (χ0v) is 7.69. The van der Waals surface area contributed by atoms with Crippen molar-refractivity contribution in [3.8, 4) is 11.8 Å². The Bertz CT molecular complexity index is 400. The Morgan fingerprint density at radius 2 is 2.38 bits per heavy atom. The number of aromatic nitrogens is 1. The van der Waals surface area contributed by atoms with E-state index in [1.165, 1.54) is 12.3 Å². The van der Waals surface area contributed by atoms with Gasteiger partial charge in [-0.15, -0.1) is 0 Å². The molecule has 1 aromatic heterocycles. The van der Waals surface area contributed by atoms with Gasteiger partial charge in [-0.2, -0.15) is 0 Å². The summed E-state index contributed by atoms with van der Waals surface area (Å²) in [6.45, 7) is 0.492. The van der Waals surface area contributed by atoms with E-state index in [1.807, 2.05) is 0 Å². The van der Waals surface area contributed by atoms with Gasteiger partial charge < -0.3 is 10.7 Å². The molecule has 0 bridgehead atoms. The zero-order chi connectivity index (χ0) is 9.68. The Morgan fingerprint density at radius 1 is 1.62 bits per heavy atom. The second kappa shape index (κ2) is 4.70. The average molecular weight is 197 g/mol. The highest BCUT2D eigenvalue weighted by atomic mass is 35.5. The minimum absolute atomic E-state index is 0.228. The number of hydrogen-bond donors (Lipinski definition) is 2. The molecule has 4 heteroatoms. The standard InChI is InChI=1S/C9H9ClN2O/c10-8-5-7(3-1-2-4-11)9(13)12-6-8/h5-6H,2,4,11H2,(H,12,13). The van der Waals surface area contributed by atoms with Crippen LogP contribution in [-0.2, 0) is 0 Å². The second-order valence-corrected chi connectivity index (χ2v) is 2.84. The van der Waals surface area contributed by atoms with Crippen molar-refractivity contribution in [2.45, 2.75) is 6.42 Å². The van der Waals surface area contributed by atoms with Gasteiger partial charge in [0, 0.05) is 19.2 Å². The van der Waals surface area contributed by atoms with Crippen LogP contribution >= 0.6 is 11.6 Å². The molecule has 1 heterocycles. The van der Waals surface area contributed by atoms with Crippen LogP contribution in [0.4, 0.5) is 0 Å². The molecule has 0 saturated carbocycles. The highest BCUT2D eigenvalue weighted by Gasteiger charge is 1.95. The summed E-state index contributed by atoms with van der Waals surface area (Å²) in [7, 11) is 0. The molecule has 0 aliphatic heterocycles. The lowest BCUT2D eigenvalue weighted by Gasteiger charge is -1.90. The molecule has 0 radical (unpaired) electrons. The van der Waals surface area contributed by atoms with Crippen molar-refractivity contribution in [2.24, 2.45) is 5.73 Å². The molecule has 0 fully saturated rings. The van der Waals surface area contributed by atoms with E-state index >= 15 is 0 Å². The van der Waals surface area contributed by atoms with Crippen LogP contribution in [0.3, 0.4) is 0 Å². The number of pyridine rings is 1. The summed E-state index contributed by atoms with van der Waals surface area (Å²) in [5.74, 6) is 5.46. The van der Waals surface area contributed by atoms with Crippen molar-refractivity contribution >= 4 is 11.6 Å². The van der Waals surface area contributed by atoms with E-state index in [0.717, 1.165) is 0 Å². The average Bonchev–Trinajstić information content (AvgIpc) is 2.11. The molecule has 0 aliphatic carbocycles. The van der Waals surface area contributed by atoms with Crippen molar-refractivity contribution in [3.05, 3.63) is 33.2 Å². The van der Waals surface area contributed by atoms with Gasteiger partial charge in [-0.25, -0.2) is 0 Å². The summed E-state index contributed by atoms with van der Waals surface area (Å²) >= 11 is 5.67. The summed E-state index contributed by atoms with van der Waals surface area (Å²) in [6, 6.07) is 1.53. The minimum Gasteiger partial charge on any atom is -0.330 e. The number of halogens is 1. The third-order valence-corrected chi connectivity index (χ3v) is 1.58. The van der Waals surface area contributed by atoms with Crippen LogP contribution in [0.5, 0.6) is 0 Å². The van der Waals surface area contributed by atoms with Crippen molar-refractivity contribution in [1.82, 2.24) is 4.98 Å². The molecule has 0 spiro atoms. The summed E-state index contributed by atoms with van der Waals surface area (Å²) in [5, 5.41) is 0.469. The molecule has 3 N–H and O–H groups in total. The first-order chi connectivity index (χ1) is 6.24. The highest BCUT2D eigenvalue weighted by Crippen LogP contribution is 2.03. The fraction of sp³-hybridized carbons (Fsp3) is 0.222. The lowest BCUT2D eigenvalue weighted by Crippen LogP contribution is -2.08. The monoisotopic (exact) mass is 196 g/mol. The van der Waals surface area contributed by atoms with Crippen LogP contribution in [0.1, 0.15) is 12.0 Å². The molecule has 13 heavy (non-hydrogen) atoms. The van der Waals surface area contributed by atoms with Crippen LogP contribution in [0, 0.1) is 11.8 Å². The molecule has 0 aliphatic rings. The van der Waals surface area contributed by atoms with Gasteiger partial charge in [-0.3, -0.25) is 4.79 Å². The van der Waals surface area contributed by atoms with Crippen LogP contribution in [0.2, 0.25) is 5.02 Å². The van der Waals surface area contributed by atoms with Crippen molar-refractivity contribution in [1.29, 1.82) is 0 Å². The lowest BCUT2D eigenvalue weighted by molar-refractivity contribution is 1.03. The second-order valence-electron chi connectivity index (χ2n) is 2.40. The first kappa shape index (κ1) is 9.85. The van der Waals surface area contributed by atoms with E-state index in [4.69, 9.17) is 17.3 Å². The predicted molar refractivity (Wildman–Crippen MR) is 52.6 cm³/mol. The van der Waals surface area contributed by atoms with Crippen molar-refractivity contribution in [3.63, 3.8) is 0 Å². The van der Waals surface area contributed by atoms with Crippen LogP contribution in [-0.4, -0.2) is 11.5 Å². The summed E-state index contributed by atoms with van der Waals surface area (Å²) < 4.78 is 0. The summed E-state index contributed by atoms with van der Waals surface area (Å²) in [4.78, 5) is 13.6. The van der Waals surface area contributed by atoms with Gasteiger partial charge in [0.25, 0.3) is 5.56 Å². The van der Waals surface area contributed by atoms with E-state index < -0.39 is 0 Å². The Labute approximate surface area is 80.9 Å². The molecule has 0 atom stereocenters. The molecule has 3 nitrogen and oxygen atoms in total. The Kier molecular flexibility index (Phi) is 3.56. The SMILES string of the molecule is NCCC#Cc1cc(Cl)c[nH]c1=O. The maximum atomic E-state index is 11.1. The first-order valence-corrected chi connectivity index (χ1v) is 4.19. The minimum atomic E-state index is -0.228. The van der Waals surface area contributed by atoms with Crippen LogP contribution in [0.15, 0.2) is 17.1 Å². The van der Waals surface area contributed by atoms with Gasteiger partial charge >= 0.3 is 0 Å². The van der Waals surface area contributed by atoms with Crippen LogP contribution < -0.4 is 11.3 Å². The van der Waals surface area contributed by atoms with E-state index in [-0.39, 0.29) is 5.56 Å². The van der Waals surface area contributed by atoms with Crippen LogP contribution in [0.25, 0.3) is 0 Å². The molecule has 0 aromatic carbocycles. The smallest absolute Gasteiger partial charge is 0.263 e. The van der Waals surface area contributed by atoms with Crippen molar-refractivity contribution < 1.29 is 0 Å². The highest BCUT2D eigenvalue weighted by molar-refractivity contribution is 6.30. The lowest BCUT2D eigenvalue weighted by atomic mass is 10.3. The Hall–Kier alpha value is -1.24. The maximum absolute atomic E-state index is 11.1. The molecule has 1 aromatic rings. The molecular formula is C9H9ClN2O. The molecular weight excluding hydrogens is 188 g/mol. The molecule has 68 valence electrons. The first-order valence-electron chi connectivity index (χ1n) is 3.81. The third kappa shape index (κ3) is 2.94. The number of hydrogen-bond acceptors (Lipinski definition) is 2. The Morgan fingerprint density at radius 3 is 3.08 bits per heavy atom. The number of aromatic amines is 1. The van der Waals surface area contributed by atoms with E-state index in [9.17, 15) is 4.79 Å². The topological polar surface area (TPSA) is 58.9 Å². The molecule has 0 amide bonds. The number of nitrogens with two attached hydrogens (primary N) is 1. The third-order valence-electron chi connectivity index (χ3n) is 1.36. The van der Waals surface area contributed by atoms with Gasteiger partial charge in [0.2, 0.25) is 0 Å². The largest absolute Gasteiger partial charge is 0.330 e. The Balaban J connectivity index is 2.96. The van der Waals surface area contributed by atoms with Crippen molar-refractivity contribution in [2.75, 3.05) is 6.54 Å². The number of rotatable bonds is 1. The molecule has 0 saturated heterocycles. The summed E-state index contributed by atoms with van der Waals surface area (Å²) in [5.41, 5.74) is 5.39. The molecule has 0 unspecified atom stereocenters. The van der Waals surface area contributed by atoms with E-state index in [1.54, 1.807) is 0 Å². The summed E-state index contributed by atoms with van der Waals surface area (Å²) in [6.07, 6.45) is 2.00. The zero-order valence-electron chi connectivity index (χ0n) is 6.93. The van der Waals surface area contributed by atoms with Gasteiger partial charge in [0.1, 0.15) is 0 Å². The quantitative estimate of drug-likeness (QED) is 0.651. The van der Waals surface area contributed by atoms with E-state index in [0.29, 0.717) is 23.6 Å². The number of nitrogens with one attached hydrogen (secondary N) is 1. The maximum Gasteiger partial charge on any atom is 0.263 e. The van der Waals surface area contributed by atoms with Gasteiger partial charge in [0.05, 0.1) is 10.6 Å². The van der Waals surface area contributed by atoms with Gasteiger partial charge in [0.15, 0.2) is 0 Å². The fourth-order valence-corrected chi connectivity index (χ4v) is 0.944. The van der Waals surface area contributed by atoms with E-state index in [2.05, 4.69) is 16.8 Å². The fourth-order valence-electron chi connectivity index (χ4n) is 0.780. The predicted octanol–water partition coefficient (Wildman–Crippen LogP) is 0.729. The number of H-pyrrole nitrogens is 1. The van der Waals surface area contributed by atoms with Gasteiger partial charge in [-0.1, -0.05) is 23.4 Å². The molecule has 1 rings (SSSR count). The van der Waals surface area contributed by atoms with Gasteiger partial charge in [-0.05, 0) is 6.07 Å². The normalized spacial score (nSPS) is 9.08.